The lowest BCUT2D eigenvalue weighted by atomic mass is 10.3. The molecule has 80 valence electrons. The minimum atomic E-state index is 0.599. The first-order valence-electron chi connectivity index (χ1n) is 4.73. The summed E-state index contributed by atoms with van der Waals surface area (Å²) in [5.41, 5.74) is 6.52. The summed E-state index contributed by atoms with van der Waals surface area (Å²) in [4.78, 5) is 0. The molecule has 1 aromatic heterocycles. The van der Waals surface area contributed by atoms with Crippen molar-refractivity contribution in [3.05, 3.63) is 23.7 Å². The van der Waals surface area contributed by atoms with E-state index in [-0.39, 0.29) is 0 Å². The Balaban J connectivity index is 2.02. The van der Waals surface area contributed by atoms with Gasteiger partial charge < -0.3 is 14.9 Å². The van der Waals surface area contributed by atoms with E-state index in [9.17, 15) is 0 Å². The second-order valence-corrected chi connectivity index (χ2v) is 4.09. The van der Waals surface area contributed by atoms with Gasteiger partial charge in [0.1, 0.15) is 5.76 Å². The van der Waals surface area contributed by atoms with E-state index in [4.69, 9.17) is 14.9 Å². The number of aryl methyl sites for hydroxylation is 1. The summed E-state index contributed by atoms with van der Waals surface area (Å²) in [7, 11) is 0. The Bertz CT molecular complexity index is 250. The lowest BCUT2D eigenvalue weighted by molar-refractivity contribution is 0.158. The summed E-state index contributed by atoms with van der Waals surface area (Å²) < 4.78 is 10.6. The maximum Gasteiger partial charge on any atom is 0.116 e. The van der Waals surface area contributed by atoms with Crippen LogP contribution >= 0.6 is 11.8 Å². The van der Waals surface area contributed by atoms with Crippen LogP contribution in [0.1, 0.15) is 11.3 Å². The van der Waals surface area contributed by atoms with Crippen LogP contribution in [0.25, 0.3) is 0 Å². The van der Waals surface area contributed by atoms with Gasteiger partial charge in [0.25, 0.3) is 0 Å². The Hall–Kier alpha value is -0.450. The fraction of sp³-hybridized carbons (Fsp3) is 0.600. The maximum absolute atomic E-state index is 5.31. The van der Waals surface area contributed by atoms with Gasteiger partial charge in [0.2, 0.25) is 0 Å². The monoisotopic (exact) mass is 215 g/mol. The Morgan fingerprint density at radius 2 is 2.36 bits per heavy atom. The standard InChI is InChI=1S/C10H17NO2S/c1-9-2-4-13-10(9)8-14-7-6-12-5-3-11/h2,4H,3,5-8,11H2,1H3. The molecule has 0 radical (unpaired) electrons. The number of hydrogen-bond donors (Lipinski definition) is 1. The Labute approximate surface area is 89.0 Å². The fourth-order valence-corrected chi connectivity index (χ4v) is 1.88. The molecule has 0 amide bonds. The molecule has 0 bridgehead atoms. The average Bonchev–Trinajstić information content (AvgIpc) is 2.58. The van der Waals surface area contributed by atoms with Crippen molar-refractivity contribution < 1.29 is 9.15 Å². The maximum atomic E-state index is 5.31. The largest absolute Gasteiger partial charge is 0.468 e. The van der Waals surface area contributed by atoms with E-state index in [0.29, 0.717) is 13.2 Å². The molecule has 4 heteroatoms. The summed E-state index contributed by atoms with van der Waals surface area (Å²) in [5.74, 6) is 2.97. The fourth-order valence-electron chi connectivity index (χ4n) is 1.02. The summed E-state index contributed by atoms with van der Waals surface area (Å²) >= 11 is 1.82. The SMILES string of the molecule is Cc1ccoc1CSCCOCCN. The summed E-state index contributed by atoms with van der Waals surface area (Å²) in [6, 6.07) is 1.99. The molecule has 0 aliphatic rings. The lowest BCUT2D eigenvalue weighted by Crippen LogP contribution is -2.09. The molecule has 0 fully saturated rings. The molecule has 0 saturated heterocycles. The summed E-state index contributed by atoms with van der Waals surface area (Å²) in [5, 5.41) is 0. The predicted octanol–water partition coefficient (Wildman–Crippen LogP) is 1.80. The van der Waals surface area contributed by atoms with Crippen LogP contribution in [0, 0.1) is 6.92 Å². The van der Waals surface area contributed by atoms with Crippen molar-refractivity contribution in [2.75, 3.05) is 25.5 Å². The molecule has 3 nitrogen and oxygen atoms in total. The Morgan fingerprint density at radius 3 is 3.00 bits per heavy atom. The minimum Gasteiger partial charge on any atom is -0.468 e. The molecule has 1 aromatic rings. The third kappa shape index (κ3) is 4.17. The minimum absolute atomic E-state index is 0.599. The quantitative estimate of drug-likeness (QED) is 0.705. The molecule has 0 atom stereocenters. The highest BCUT2D eigenvalue weighted by Gasteiger charge is 2.00. The highest BCUT2D eigenvalue weighted by molar-refractivity contribution is 7.98. The topological polar surface area (TPSA) is 48.4 Å². The molecule has 0 spiro atoms. The summed E-state index contributed by atoms with van der Waals surface area (Å²) in [6.07, 6.45) is 1.73. The third-order valence-corrected chi connectivity index (χ3v) is 2.76. The van der Waals surface area contributed by atoms with Crippen molar-refractivity contribution in [1.82, 2.24) is 0 Å². The Kier molecular flexibility index (Phi) is 5.75. The number of thioether (sulfide) groups is 1. The zero-order valence-corrected chi connectivity index (χ0v) is 9.31. The molecule has 14 heavy (non-hydrogen) atoms. The van der Waals surface area contributed by atoms with E-state index >= 15 is 0 Å². The number of furan rings is 1. The van der Waals surface area contributed by atoms with E-state index < -0.39 is 0 Å². The first kappa shape index (κ1) is 11.6. The van der Waals surface area contributed by atoms with Crippen molar-refractivity contribution in [3.8, 4) is 0 Å². The van der Waals surface area contributed by atoms with Crippen molar-refractivity contribution in [3.63, 3.8) is 0 Å². The number of rotatable bonds is 7. The van der Waals surface area contributed by atoms with Gasteiger partial charge in [-0.1, -0.05) is 0 Å². The van der Waals surface area contributed by atoms with Gasteiger partial charge >= 0.3 is 0 Å². The molecule has 1 heterocycles. The van der Waals surface area contributed by atoms with Crippen LogP contribution in [0.3, 0.4) is 0 Å². The smallest absolute Gasteiger partial charge is 0.116 e. The first-order valence-corrected chi connectivity index (χ1v) is 5.88. The van der Waals surface area contributed by atoms with Gasteiger partial charge in [-0.25, -0.2) is 0 Å². The molecule has 0 aliphatic carbocycles. The number of ether oxygens (including phenoxy) is 1. The Morgan fingerprint density at radius 1 is 1.50 bits per heavy atom. The van der Waals surface area contributed by atoms with E-state index in [2.05, 4.69) is 6.92 Å². The van der Waals surface area contributed by atoms with Gasteiger partial charge in [-0.15, -0.1) is 0 Å². The van der Waals surface area contributed by atoms with E-state index in [0.717, 1.165) is 23.9 Å². The van der Waals surface area contributed by atoms with E-state index in [1.54, 1.807) is 6.26 Å². The van der Waals surface area contributed by atoms with Crippen LogP contribution < -0.4 is 5.73 Å². The van der Waals surface area contributed by atoms with Crippen LogP contribution in [-0.4, -0.2) is 25.5 Å². The average molecular weight is 215 g/mol. The molecule has 0 saturated carbocycles. The number of nitrogens with two attached hydrogens (primary N) is 1. The molecular formula is C10H17NO2S. The van der Waals surface area contributed by atoms with E-state index in [1.807, 2.05) is 17.8 Å². The van der Waals surface area contributed by atoms with Crippen molar-refractivity contribution in [1.29, 1.82) is 0 Å². The van der Waals surface area contributed by atoms with Crippen LogP contribution in [0.5, 0.6) is 0 Å². The second kappa shape index (κ2) is 6.92. The van der Waals surface area contributed by atoms with Crippen LogP contribution in [-0.2, 0) is 10.5 Å². The molecule has 0 unspecified atom stereocenters. The van der Waals surface area contributed by atoms with Gasteiger partial charge in [-0.2, -0.15) is 11.8 Å². The molecule has 1 rings (SSSR count). The van der Waals surface area contributed by atoms with Crippen molar-refractivity contribution >= 4 is 11.8 Å². The third-order valence-electron chi connectivity index (χ3n) is 1.84. The molecule has 0 aliphatic heterocycles. The highest BCUT2D eigenvalue weighted by atomic mass is 32.2. The first-order chi connectivity index (χ1) is 6.84. The highest BCUT2D eigenvalue weighted by Crippen LogP contribution is 2.16. The molecular weight excluding hydrogens is 198 g/mol. The van der Waals surface area contributed by atoms with Gasteiger partial charge in [-0.05, 0) is 18.6 Å². The normalized spacial score (nSPS) is 10.7. The van der Waals surface area contributed by atoms with E-state index in [1.165, 1.54) is 5.56 Å². The van der Waals surface area contributed by atoms with Gasteiger partial charge in [0.15, 0.2) is 0 Å². The van der Waals surface area contributed by atoms with Crippen LogP contribution in [0.15, 0.2) is 16.7 Å². The lowest BCUT2D eigenvalue weighted by Gasteiger charge is -2.01. The second-order valence-electron chi connectivity index (χ2n) is 2.98. The van der Waals surface area contributed by atoms with Crippen molar-refractivity contribution in [2.45, 2.75) is 12.7 Å². The van der Waals surface area contributed by atoms with Crippen LogP contribution in [0.2, 0.25) is 0 Å². The summed E-state index contributed by atoms with van der Waals surface area (Å²) in [6.45, 7) is 4.08. The van der Waals surface area contributed by atoms with Crippen molar-refractivity contribution in [2.24, 2.45) is 5.73 Å². The molecule has 0 aromatic carbocycles. The molecule has 2 N–H and O–H groups in total. The van der Waals surface area contributed by atoms with Gasteiger partial charge in [0, 0.05) is 12.3 Å². The zero-order chi connectivity index (χ0) is 10.2. The zero-order valence-electron chi connectivity index (χ0n) is 8.49. The van der Waals surface area contributed by atoms with Crippen LogP contribution in [0.4, 0.5) is 0 Å². The van der Waals surface area contributed by atoms with Gasteiger partial charge in [0.05, 0.1) is 25.2 Å². The number of hydrogen-bond acceptors (Lipinski definition) is 4. The van der Waals surface area contributed by atoms with Gasteiger partial charge in [-0.3, -0.25) is 0 Å². The predicted molar refractivity (Wildman–Crippen MR) is 59.5 cm³/mol.